The molecule has 0 saturated carbocycles. The second-order valence-electron chi connectivity index (χ2n) is 9.05. The van der Waals surface area contributed by atoms with Crippen molar-refractivity contribution < 1.29 is 32.3 Å². The molecule has 0 saturated heterocycles. The number of hydrogen-bond donors (Lipinski definition) is 3. The maximum Gasteiger partial charge on any atom is 0.418 e. The number of aryl methyl sites for hydroxylation is 1. The Kier molecular flexibility index (Phi) is 7.89. The number of carbonyl (C=O) groups excluding carboxylic acids is 3. The minimum Gasteiger partial charge on any atom is -0.410 e. The Hall–Kier alpha value is -5.23. The summed E-state index contributed by atoms with van der Waals surface area (Å²) in [6, 6.07) is 22.3. The summed E-state index contributed by atoms with van der Waals surface area (Å²) < 4.78 is 45.0. The van der Waals surface area contributed by atoms with Crippen molar-refractivity contribution >= 4 is 56.0 Å². The second kappa shape index (κ2) is 11.7. The minimum atomic E-state index is -4.58. The van der Waals surface area contributed by atoms with E-state index in [4.69, 9.17) is 4.74 Å². The zero-order chi connectivity index (χ0) is 29.9. The zero-order valence-corrected chi connectivity index (χ0v) is 22.6. The number of nitrogens with zero attached hydrogens (tertiary/aromatic N) is 1. The van der Waals surface area contributed by atoms with Crippen LogP contribution in [-0.4, -0.2) is 22.9 Å². The highest BCUT2D eigenvalue weighted by Gasteiger charge is 2.31. The molecule has 0 aliphatic rings. The molecule has 0 aliphatic heterocycles. The Labute approximate surface area is 241 Å². The molecule has 0 unspecified atom stereocenters. The molecule has 1 heterocycles. The van der Waals surface area contributed by atoms with Gasteiger partial charge in [0, 0.05) is 22.5 Å². The largest absolute Gasteiger partial charge is 0.418 e. The maximum atomic E-state index is 13.1. The molecule has 8 nitrogen and oxygen atoms in total. The van der Waals surface area contributed by atoms with Gasteiger partial charge in [-0.3, -0.25) is 14.9 Å². The average molecular weight is 591 g/mol. The van der Waals surface area contributed by atoms with Crippen molar-refractivity contribution in [1.82, 2.24) is 4.98 Å². The summed E-state index contributed by atoms with van der Waals surface area (Å²) >= 11 is 1.17. The molecule has 12 heteroatoms. The Morgan fingerprint density at radius 1 is 0.786 bits per heavy atom. The molecule has 0 bridgehead atoms. The number of nitrogens with one attached hydrogen (secondary N) is 3. The molecular weight excluding hydrogens is 569 g/mol. The van der Waals surface area contributed by atoms with Crippen molar-refractivity contribution in [3.63, 3.8) is 0 Å². The lowest BCUT2D eigenvalue weighted by Crippen LogP contribution is -2.16. The summed E-state index contributed by atoms with van der Waals surface area (Å²) in [4.78, 5) is 42.2. The number of benzene rings is 4. The Balaban J connectivity index is 1.27. The van der Waals surface area contributed by atoms with Gasteiger partial charge in [0.25, 0.3) is 11.8 Å². The lowest BCUT2D eigenvalue weighted by atomic mass is 10.1. The van der Waals surface area contributed by atoms with Crippen LogP contribution in [0.4, 0.5) is 34.5 Å². The number of alkyl halides is 3. The van der Waals surface area contributed by atoms with Crippen molar-refractivity contribution in [2.24, 2.45) is 0 Å². The summed E-state index contributed by atoms with van der Waals surface area (Å²) in [6.45, 7) is 1.76. The number of amides is 3. The quantitative estimate of drug-likeness (QED) is 0.187. The van der Waals surface area contributed by atoms with Gasteiger partial charge in [0.05, 0.1) is 15.8 Å². The highest BCUT2D eigenvalue weighted by molar-refractivity contribution is 7.22. The third kappa shape index (κ3) is 6.73. The number of ether oxygens (including phenoxy) is 1. The molecule has 212 valence electrons. The molecule has 5 rings (SSSR count). The number of anilines is 3. The molecule has 0 radical (unpaired) electrons. The molecule has 0 aliphatic carbocycles. The van der Waals surface area contributed by atoms with Gasteiger partial charge in [0.2, 0.25) is 0 Å². The van der Waals surface area contributed by atoms with Gasteiger partial charge in [-0.2, -0.15) is 13.2 Å². The van der Waals surface area contributed by atoms with Crippen LogP contribution in [0.1, 0.15) is 31.8 Å². The van der Waals surface area contributed by atoms with Gasteiger partial charge in [0.1, 0.15) is 5.75 Å². The minimum absolute atomic E-state index is 0.156. The van der Waals surface area contributed by atoms with E-state index in [-0.39, 0.29) is 11.3 Å². The summed E-state index contributed by atoms with van der Waals surface area (Å²) in [5, 5.41) is 8.23. The van der Waals surface area contributed by atoms with Crippen LogP contribution in [0.2, 0.25) is 0 Å². The molecular formula is C30H21F3N4O4S. The van der Waals surface area contributed by atoms with Crippen molar-refractivity contribution in [2.75, 3.05) is 16.0 Å². The van der Waals surface area contributed by atoms with Crippen molar-refractivity contribution in [3.8, 4) is 5.75 Å². The monoisotopic (exact) mass is 590 g/mol. The van der Waals surface area contributed by atoms with Gasteiger partial charge in [-0.15, -0.1) is 0 Å². The van der Waals surface area contributed by atoms with E-state index in [9.17, 15) is 27.6 Å². The van der Waals surface area contributed by atoms with Crippen LogP contribution < -0.4 is 20.7 Å². The fraction of sp³-hybridized carbons (Fsp3) is 0.0667. The first-order valence-corrected chi connectivity index (χ1v) is 13.2. The second-order valence-corrected chi connectivity index (χ2v) is 10.1. The SMILES string of the molecule is Cc1ccc(NC(=O)c2cccc(C(F)(F)F)c2)cc1NC(=O)c1ccc2nc(NC(=O)Oc3ccccc3)sc2c1. The first kappa shape index (κ1) is 28.3. The van der Waals surface area contributed by atoms with Gasteiger partial charge >= 0.3 is 12.3 Å². The first-order chi connectivity index (χ1) is 20.0. The standard InChI is InChI=1S/C30H21F3N4O4S/c1-17-10-12-21(34-26(38)18-6-5-7-20(14-18)30(31,32)33)16-24(17)35-27(39)19-11-13-23-25(15-19)42-28(36-23)37-29(40)41-22-8-3-2-4-9-22/h2-16H,1H3,(H,34,38)(H,35,39)(H,36,37,40). The van der Waals surface area contributed by atoms with E-state index >= 15 is 0 Å². The molecule has 42 heavy (non-hydrogen) atoms. The van der Waals surface area contributed by atoms with E-state index in [1.54, 1.807) is 67.6 Å². The number of para-hydroxylation sites is 1. The Bertz CT molecular complexity index is 1810. The van der Waals surface area contributed by atoms with E-state index < -0.39 is 29.6 Å². The number of hydrogen-bond acceptors (Lipinski definition) is 6. The lowest BCUT2D eigenvalue weighted by molar-refractivity contribution is -0.137. The van der Waals surface area contributed by atoms with E-state index in [1.165, 1.54) is 23.5 Å². The van der Waals surface area contributed by atoms with Gasteiger partial charge in [-0.25, -0.2) is 9.78 Å². The summed E-state index contributed by atoms with van der Waals surface area (Å²) in [7, 11) is 0. The van der Waals surface area contributed by atoms with Crippen LogP contribution in [0.15, 0.2) is 91.0 Å². The number of carbonyl (C=O) groups is 3. The average Bonchev–Trinajstić information content (AvgIpc) is 3.36. The molecule has 0 spiro atoms. The fourth-order valence-electron chi connectivity index (χ4n) is 3.90. The molecule has 0 fully saturated rings. The van der Waals surface area contributed by atoms with Gasteiger partial charge < -0.3 is 15.4 Å². The summed E-state index contributed by atoms with van der Waals surface area (Å²) in [5.41, 5.74) is 1.19. The van der Waals surface area contributed by atoms with Crippen molar-refractivity contribution in [1.29, 1.82) is 0 Å². The maximum absolute atomic E-state index is 13.1. The predicted molar refractivity (Wildman–Crippen MR) is 154 cm³/mol. The molecule has 5 aromatic rings. The summed E-state index contributed by atoms with van der Waals surface area (Å²) in [6.07, 6.45) is -5.28. The van der Waals surface area contributed by atoms with E-state index in [1.807, 2.05) is 0 Å². The number of rotatable bonds is 6. The third-order valence-corrected chi connectivity index (χ3v) is 6.94. The van der Waals surface area contributed by atoms with Gasteiger partial charge in [-0.1, -0.05) is 41.7 Å². The van der Waals surface area contributed by atoms with E-state index in [2.05, 4.69) is 20.9 Å². The van der Waals surface area contributed by atoms with E-state index in [0.717, 1.165) is 18.2 Å². The number of aromatic nitrogens is 1. The molecule has 3 amide bonds. The molecule has 0 atom stereocenters. The number of thiazole rings is 1. The van der Waals surface area contributed by atoms with Gasteiger partial charge in [0.15, 0.2) is 5.13 Å². The summed E-state index contributed by atoms with van der Waals surface area (Å²) in [5.74, 6) is -0.785. The topological polar surface area (TPSA) is 109 Å². The highest BCUT2D eigenvalue weighted by atomic mass is 32.1. The number of halogens is 3. The predicted octanol–water partition coefficient (Wildman–Crippen LogP) is 7.74. The Morgan fingerprint density at radius 2 is 1.52 bits per heavy atom. The van der Waals surface area contributed by atoms with Crippen molar-refractivity contribution in [3.05, 3.63) is 113 Å². The molecule has 4 aromatic carbocycles. The van der Waals surface area contributed by atoms with Crippen LogP contribution in [0.3, 0.4) is 0 Å². The van der Waals surface area contributed by atoms with Crippen molar-refractivity contribution in [2.45, 2.75) is 13.1 Å². The first-order valence-electron chi connectivity index (χ1n) is 12.4. The zero-order valence-electron chi connectivity index (χ0n) is 21.8. The normalized spacial score (nSPS) is 11.1. The van der Waals surface area contributed by atoms with Crippen LogP contribution in [0.25, 0.3) is 10.2 Å². The van der Waals surface area contributed by atoms with Crippen LogP contribution in [0.5, 0.6) is 5.75 Å². The Morgan fingerprint density at radius 3 is 2.29 bits per heavy atom. The van der Waals surface area contributed by atoms with E-state index in [0.29, 0.717) is 37.9 Å². The smallest absolute Gasteiger partial charge is 0.410 e. The van der Waals surface area contributed by atoms with Crippen LogP contribution in [-0.2, 0) is 6.18 Å². The molecule has 3 N–H and O–H groups in total. The van der Waals surface area contributed by atoms with Crippen LogP contribution >= 0.6 is 11.3 Å². The van der Waals surface area contributed by atoms with Gasteiger partial charge in [-0.05, 0) is 73.2 Å². The molecule has 1 aromatic heterocycles. The third-order valence-electron chi connectivity index (χ3n) is 6.01. The van der Waals surface area contributed by atoms with Crippen LogP contribution in [0, 0.1) is 6.92 Å². The lowest BCUT2D eigenvalue weighted by Gasteiger charge is -2.13. The fourth-order valence-corrected chi connectivity index (χ4v) is 4.79. The highest BCUT2D eigenvalue weighted by Crippen LogP contribution is 2.30. The number of fused-ring (bicyclic) bond motifs is 1.